The Morgan fingerprint density at radius 1 is 0.793 bits per heavy atom. The topological polar surface area (TPSA) is 11.4 Å². The third kappa shape index (κ3) is 3.99. The van der Waals surface area contributed by atoms with Crippen molar-refractivity contribution in [2.75, 3.05) is 32.7 Å². The van der Waals surface area contributed by atoms with Gasteiger partial charge in [-0.05, 0) is 62.4 Å². The van der Waals surface area contributed by atoms with Gasteiger partial charge in [0, 0.05) is 49.3 Å². The first-order valence-corrected chi connectivity index (χ1v) is 11.3. The molecule has 2 aromatic carbocycles. The number of para-hydroxylation sites is 1. The molecule has 1 saturated heterocycles. The molecule has 0 amide bonds. The lowest BCUT2D eigenvalue weighted by molar-refractivity contribution is 0.143. The van der Waals surface area contributed by atoms with Crippen LogP contribution in [-0.4, -0.2) is 47.1 Å². The molecule has 0 unspecified atom stereocenters. The van der Waals surface area contributed by atoms with E-state index in [0.29, 0.717) is 0 Å². The maximum Gasteiger partial charge on any atom is 0.0486 e. The number of hydrogen-bond donors (Lipinski definition) is 0. The average molecular weight is 388 g/mol. The first kappa shape index (κ1) is 18.9. The van der Waals surface area contributed by atoms with Crippen LogP contribution < -0.4 is 0 Å². The second kappa shape index (κ2) is 8.33. The van der Waals surface area contributed by atoms with Crippen molar-refractivity contribution >= 4 is 10.9 Å². The molecule has 0 bridgehead atoms. The molecule has 5 rings (SSSR count). The minimum absolute atomic E-state index is 0.863. The molecule has 0 saturated carbocycles. The fourth-order valence-corrected chi connectivity index (χ4v) is 5.36. The zero-order valence-corrected chi connectivity index (χ0v) is 17.7. The van der Waals surface area contributed by atoms with E-state index < -0.39 is 0 Å². The summed E-state index contributed by atoms with van der Waals surface area (Å²) in [7, 11) is 0. The van der Waals surface area contributed by atoms with Gasteiger partial charge in [0.15, 0.2) is 0 Å². The first-order chi connectivity index (χ1) is 14.3. The van der Waals surface area contributed by atoms with E-state index in [1.807, 2.05) is 0 Å². The Bertz CT molecular complexity index is 951. The molecule has 1 aromatic heterocycles. The molecule has 152 valence electrons. The van der Waals surface area contributed by atoms with E-state index in [-0.39, 0.29) is 0 Å². The smallest absolute Gasteiger partial charge is 0.0486 e. The van der Waals surface area contributed by atoms with Crippen molar-refractivity contribution in [3.8, 4) is 0 Å². The number of benzene rings is 2. The molecular weight excluding hydrogens is 354 g/mol. The zero-order valence-electron chi connectivity index (χ0n) is 17.7. The van der Waals surface area contributed by atoms with Crippen LogP contribution in [0.25, 0.3) is 10.9 Å². The number of nitrogens with zero attached hydrogens (tertiary/aromatic N) is 3. The van der Waals surface area contributed by atoms with Gasteiger partial charge in [-0.25, -0.2) is 0 Å². The highest BCUT2D eigenvalue weighted by Crippen LogP contribution is 2.29. The third-order valence-corrected chi connectivity index (χ3v) is 7.18. The van der Waals surface area contributed by atoms with Gasteiger partial charge in [-0.15, -0.1) is 0 Å². The summed E-state index contributed by atoms with van der Waals surface area (Å²) in [5.41, 5.74) is 5.93. The van der Waals surface area contributed by atoms with E-state index in [4.69, 9.17) is 0 Å². The Morgan fingerprint density at radius 2 is 1.52 bits per heavy atom. The second-order valence-corrected chi connectivity index (χ2v) is 8.99. The number of rotatable bonds is 5. The summed E-state index contributed by atoms with van der Waals surface area (Å²) in [4.78, 5) is 5.36. The van der Waals surface area contributed by atoms with E-state index in [2.05, 4.69) is 75.9 Å². The van der Waals surface area contributed by atoms with Crippen LogP contribution in [0.4, 0.5) is 0 Å². The summed E-state index contributed by atoms with van der Waals surface area (Å²) in [6.07, 6.45) is 3.95. The van der Waals surface area contributed by atoms with Gasteiger partial charge < -0.3 is 9.47 Å². The summed E-state index contributed by atoms with van der Waals surface area (Å²) in [5, 5.41) is 1.44. The summed E-state index contributed by atoms with van der Waals surface area (Å²) in [6.45, 7) is 10.7. The molecule has 29 heavy (non-hydrogen) atoms. The van der Waals surface area contributed by atoms with Gasteiger partial charge in [-0.2, -0.15) is 0 Å². The van der Waals surface area contributed by atoms with Crippen molar-refractivity contribution in [2.45, 2.75) is 39.3 Å². The maximum absolute atomic E-state index is 2.69. The summed E-state index contributed by atoms with van der Waals surface area (Å²) < 4.78 is 2.55. The van der Waals surface area contributed by atoms with Crippen LogP contribution in [0, 0.1) is 12.8 Å². The Kier molecular flexibility index (Phi) is 5.43. The molecule has 3 heteroatoms. The molecule has 0 radical (unpaired) electrons. The molecule has 2 aliphatic rings. The molecule has 3 aromatic rings. The quantitative estimate of drug-likeness (QED) is 0.628. The summed E-state index contributed by atoms with van der Waals surface area (Å²) >= 11 is 0. The predicted molar refractivity (Wildman–Crippen MR) is 121 cm³/mol. The molecule has 3 nitrogen and oxygen atoms in total. The Hall–Kier alpha value is -2.10. The van der Waals surface area contributed by atoms with Crippen LogP contribution in [0.15, 0.2) is 54.6 Å². The zero-order chi connectivity index (χ0) is 19.6. The number of hydrogen-bond acceptors (Lipinski definition) is 2. The van der Waals surface area contributed by atoms with E-state index in [1.165, 1.54) is 79.7 Å². The van der Waals surface area contributed by atoms with Crippen LogP contribution in [-0.2, 0) is 19.5 Å². The molecule has 2 aliphatic heterocycles. The Balaban J connectivity index is 1.13. The fraction of sp³-hybridized carbons (Fsp3) is 0.462. The van der Waals surface area contributed by atoms with Gasteiger partial charge in [0.2, 0.25) is 0 Å². The number of fused-ring (bicyclic) bond motifs is 3. The molecular formula is C26H33N3. The molecule has 0 atom stereocenters. The highest BCUT2D eigenvalue weighted by atomic mass is 15.2. The number of aromatic nitrogens is 1. The predicted octanol–water partition coefficient (Wildman–Crippen LogP) is 4.72. The van der Waals surface area contributed by atoms with Crippen molar-refractivity contribution < 1.29 is 0 Å². The van der Waals surface area contributed by atoms with E-state index >= 15 is 0 Å². The standard InChI is InChI=1S/C26H33N3/c1-21-24-9-5-6-10-25(24)29-18-17-28(20-26(21)29)16-15-27-13-11-23(12-14-27)19-22-7-3-2-4-8-22/h2-10,23H,11-20H2,1H3. The van der Waals surface area contributed by atoms with Gasteiger partial charge in [0.1, 0.15) is 0 Å². The molecule has 1 fully saturated rings. The third-order valence-electron chi connectivity index (χ3n) is 7.18. The van der Waals surface area contributed by atoms with Crippen LogP contribution in [0.5, 0.6) is 0 Å². The van der Waals surface area contributed by atoms with Crippen LogP contribution in [0.1, 0.15) is 29.7 Å². The van der Waals surface area contributed by atoms with Crippen molar-refractivity contribution in [1.82, 2.24) is 14.4 Å². The molecule has 0 spiro atoms. The second-order valence-electron chi connectivity index (χ2n) is 8.99. The molecule has 0 aliphatic carbocycles. The maximum atomic E-state index is 2.69. The minimum atomic E-state index is 0.863. The fourth-order valence-electron chi connectivity index (χ4n) is 5.36. The first-order valence-electron chi connectivity index (χ1n) is 11.3. The van der Waals surface area contributed by atoms with Gasteiger partial charge >= 0.3 is 0 Å². The largest absolute Gasteiger partial charge is 0.342 e. The van der Waals surface area contributed by atoms with Crippen LogP contribution in [0.3, 0.4) is 0 Å². The highest BCUT2D eigenvalue weighted by molar-refractivity contribution is 5.85. The van der Waals surface area contributed by atoms with Crippen LogP contribution >= 0.6 is 0 Å². The lowest BCUT2D eigenvalue weighted by Crippen LogP contribution is -2.42. The van der Waals surface area contributed by atoms with Gasteiger partial charge in [-0.1, -0.05) is 48.5 Å². The lowest BCUT2D eigenvalue weighted by atomic mass is 9.90. The highest BCUT2D eigenvalue weighted by Gasteiger charge is 2.23. The monoisotopic (exact) mass is 387 g/mol. The Labute approximate surface area is 174 Å². The van der Waals surface area contributed by atoms with Crippen molar-refractivity contribution in [1.29, 1.82) is 0 Å². The lowest BCUT2D eigenvalue weighted by Gasteiger charge is -2.35. The molecule has 3 heterocycles. The Morgan fingerprint density at radius 3 is 2.34 bits per heavy atom. The summed E-state index contributed by atoms with van der Waals surface area (Å²) in [6, 6.07) is 19.9. The van der Waals surface area contributed by atoms with Crippen molar-refractivity contribution in [3.63, 3.8) is 0 Å². The van der Waals surface area contributed by atoms with E-state index in [9.17, 15) is 0 Å². The normalized spacial score (nSPS) is 18.9. The molecule has 0 N–H and O–H groups in total. The minimum Gasteiger partial charge on any atom is -0.342 e. The number of piperidine rings is 1. The van der Waals surface area contributed by atoms with E-state index in [1.54, 1.807) is 0 Å². The average Bonchev–Trinajstić information content (AvgIpc) is 3.06. The van der Waals surface area contributed by atoms with Gasteiger partial charge in [-0.3, -0.25) is 4.90 Å². The van der Waals surface area contributed by atoms with E-state index in [0.717, 1.165) is 19.0 Å². The summed E-state index contributed by atoms with van der Waals surface area (Å²) in [5.74, 6) is 0.863. The van der Waals surface area contributed by atoms with Crippen LogP contribution in [0.2, 0.25) is 0 Å². The SMILES string of the molecule is Cc1c2n(c3ccccc13)CCN(CCN1CCC(Cc3ccccc3)CC1)C2. The number of aryl methyl sites for hydroxylation is 1. The number of likely N-dealkylation sites (tertiary alicyclic amines) is 1. The van der Waals surface area contributed by atoms with Crippen molar-refractivity contribution in [2.24, 2.45) is 5.92 Å². The van der Waals surface area contributed by atoms with Crippen molar-refractivity contribution in [3.05, 3.63) is 71.4 Å². The van der Waals surface area contributed by atoms with Gasteiger partial charge in [0.05, 0.1) is 0 Å². The van der Waals surface area contributed by atoms with Gasteiger partial charge in [0.25, 0.3) is 0 Å².